The van der Waals surface area contributed by atoms with Gasteiger partial charge in [-0.2, -0.15) is 0 Å². The minimum atomic E-state index is -0.594. The predicted molar refractivity (Wildman–Crippen MR) is 149 cm³/mol. The minimum absolute atomic E-state index is 0.0140. The molecule has 1 fully saturated rings. The Morgan fingerprint density at radius 3 is 2.61 bits per heavy atom. The number of rotatable bonds is 9. The minimum Gasteiger partial charge on any atom is -0.490 e. The van der Waals surface area contributed by atoms with Gasteiger partial charge < -0.3 is 14.8 Å². The maximum atomic E-state index is 14.0. The summed E-state index contributed by atoms with van der Waals surface area (Å²) >= 11 is 10.2. The lowest BCUT2D eigenvalue weighted by molar-refractivity contribution is -0.127. The predicted octanol–water partition coefficient (Wildman–Crippen LogP) is 6.89. The lowest BCUT2D eigenvalue weighted by Gasteiger charge is -2.15. The summed E-state index contributed by atoms with van der Waals surface area (Å²) in [5, 5.41) is 2.37. The first-order valence-corrected chi connectivity index (χ1v) is 13.4. The van der Waals surface area contributed by atoms with E-state index < -0.39 is 23.6 Å². The normalized spacial score (nSPS) is 14.2. The largest absolute Gasteiger partial charge is 0.490 e. The van der Waals surface area contributed by atoms with E-state index >= 15 is 0 Å². The molecule has 1 aliphatic rings. The highest BCUT2D eigenvalue weighted by molar-refractivity contribution is 9.10. The smallest absolute Gasteiger partial charge is 0.294 e. The van der Waals surface area contributed by atoms with Crippen LogP contribution in [0, 0.1) is 5.82 Å². The lowest BCUT2D eigenvalue weighted by atomic mass is 10.1. The average molecular weight is 620 g/mol. The van der Waals surface area contributed by atoms with Crippen LogP contribution >= 0.6 is 39.3 Å². The quantitative estimate of drug-likeness (QED) is 0.263. The van der Waals surface area contributed by atoms with Gasteiger partial charge in [-0.3, -0.25) is 19.3 Å². The van der Waals surface area contributed by atoms with Gasteiger partial charge in [0.05, 0.1) is 26.7 Å². The van der Waals surface area contributed by atoms with Gasteiger partial charge in [-0.25, -0.2) is 4.39 Å². The number of nitrogens with one attached hydrogen (secondary N) is 1. The number of hydrogen-bond acceptors (Lipinski definition) is 6. The number of imide groups is 1. The molecule has 0 atom stereocenters. The number of carbonyl (C=O) groups excluding carboxylic acids is 3. The Labute approximate surface area is 236 Å². The third-order valence-electron chi connectivity index (χ3n) is 5.28. The first-order valence-electron chi connectivity index (χ1n) is 11.4. The van der Waals surface area contributed by atoms with E-state index in [1.807, 2.05) is 0 Å². The van der Waals surface area contributed by atoms with E-state index in [9.17, 15) is 18.8 Å². The van der Waals surface area contributed by atoms with E-state index in [4.69, 9.17) is 21.1 Å². The molecule has 0 radical (unpaired) electrons. The number of hydrogen-bond donors (Lipinski definition) is 1. The van der Waals surface area contributed by atoms with Gasteiger partial charge in [0, 0.05) is 5.56 Å². The van der Waals surface area contributed by atoms with Crippen molar-refractivity contribution in [1.82, 2.24) is 4.90 Å². The second-order valence-electron chi connectivity index (χ2n) is 7.94. The van der Waals surface area contributed by atoms with E-state index in [2.05, 4.69) is 21.2 Å². The molecule has 4 rings (SSSR count). The van der Waals surface area contributed by atoms with Crippen molar-refractivity contribution in [2.75, 3.05) is 18.5 Å². The molecule has 0 saturated carbocycles. The molecule has 0 aliphatic carbocycles. The number of halogens is 3. The fraction of sp³-hybridized carbons (Fsp3) is 0.148. The zero-order chi connectivity index (χ0) is 27.2. The fourth-order valence-corrected chi connectivity index (χ4v) is 5.12. The Balaban J connectivity index is 1.50. The molecule has 1 heterocycles. The van der Waals surface area contributed by atoms with E-state index in [-0.39, 0.29) is 17.3 Å². The first-order chi connectivity index (χ1) is 18.3. The van der Waals surface area contributed by atoms with E-state index in [1.165, 1.54) is 12.1 Å². The van der Waals surface area contributed by atoms with Crippen molar-refractivity contribution in [3.63, 3.8) is 0 Å². The Morgan fingerprint density at radius 2 is 1.87 bits per heavy atom. The van der Waals surface area contributed by atoms with Crippen molar-refractivity contribution in [2.24, 2.45) is 0 Å². The summed E-state index contributed by atoms with van der Waals surface area (Å²) in [4.78, 5) is 38.9. The molecule has 3 amide bonds. The molecule has 0 aromatic heterocycles. The highest BCUT2D eigenvalue weighted by Gasteiger charge is 2.36. The highest BCUT2D eigenvalue weighted by atomic mass is 79.9. The van der Waals surface area contributed by atoms with Gasteiger partial charge in [0.1, 0.15) is 19.0 Å². The molecule has 3 aromatic rings. The molecule has 1 aliphatic heterocycles. The van der Waals surface area contributed by atoms with Crippen molar-refractivity contribution in [3.05, 3.63) is 92.0 Å². The zero-order valence-electron chi connectivity index (χ0n) is 20.0. The number of nitrogens with zero attached hydrogens (tertiary/aromatic N) is 1. The molecular weight excluding hydrogens is 599 g/mol. The molecule has 0 bridgehead atoms. The Hall–Kier alpha value is -3.34. The molecule has 7 nitrogen and oxygen atoms in total. The number of para-hydroxylation sites is 1. The molecule has 0 spiro atoms. The van der Waals surface area contributed by atoms with Gasteiger partial charge in [-0.15, -0.1) is 0 Å². The van der Waals surface area contributed by atoms with Crippen molar-refractivity contribution >= 4 is 68.1 Å². The Bertz CT molecular complexity index is 1430. The van der Waals surface area contributed by atoms with E-state index in [0.717, 1.165) is 16.7 Å². The van der Waals surface area contributed by atoms with Crippen LogP contribution in [0.3, 0.4) is 0 Å². The topological polar surface area (TPSA) is 84.9 Å². The van der Waals surface area contributed by atoms with Gasteiger partial charge in [0.2, 0.25) is 5.91 Å². The van der Waals surface area contributed by atoms with Crippen LogP contribution in [0.4, 0.5) is 14.9 Å². The molecular formula is C27H21BrClFN2O5S. The number of amides is 3. The summed E-state index contributed by atoms with van der Waals surface area (Å²) in [6.07, 6.45) is 1.53. The van der Waals surface area contributed by atoms with Crippen molar-refractivity contribution in [1.29, 1.82) is 0 Å². The van der Waals surface area contributed by atoms with Crippen LogP contribution in [-0.4, -0.2) is 35.1 Å². The van der Waals surface area contributed by atoms with Crippen LogP contribution < -0.4 is 14.8 Å². The number of carbonyl (C=O) groups is 3. The molecule has 38 heavy (non-hydrogen) atoms. The van der Waals surface area contributed by atoms with E-state index in [1.54, 1.807) is 61.5 Å². The average Bonchev–Trinajstić information content (AvgIpc) is 3.13. The van der Waals surface area contributed by atoms with Crippen LogP contribution in [0.15, 0.2) is 70.0 Å². The molecule has 3 aromatic carbocycles. The number of anilines is 1. The van der Waals surface area contributed by atoms with Gasteiger partial charge in [0.15, 0.2) is 11.5 Å². The summed E-state index contributed by atoms with van der Waals surface area (Å²) in [6.45, 7) is 1.67. The van der Waals surface area contributed by atoms with Gasteiger partial charge in [-0.1, -0.05) is 41.9 Å². The third-order valence-corrected chi connectivity index (χ3v) is 7.11. The maximum Gasteiger partial charge on any atom is 0.294 e. The zero-order valence-corrected chi connectivity index (χ0v) is 23.2. The van der Waals surface area contributed by atoms with Crippen LogP contribution in [-0.2, 0) is 16.2 Å². The number of thioether (sulfide) groups is 1. The molecule has 0 unspecified atom stereocenters. The molecule has 11 heteroatoms. The van der Waals surface area contributed by atoms with Crippen LogP contribution in [0.2, 0.25) is 5.02 Å². The van der Waals surface area contributed by atoms with Crippen molar-refractivity contribution in [3.8, 4) is 11.5 Å². The second-order valence-corrected chi connectivity index (χ2v) is 10.2. The maximum absolute atomic E-state index is 14.0. The Morgan fingerprint density at radius 1 is 1.13 bits per heavy atom. The lowest BCUT2D eigenvalue weighted by Crippen LogP contribution is -2.36. The van der Waals surface area contributed by atoms with Gasteiger partial charge >= 0.3 is 0 Å². The SMILES string of the molecule is CCOc1cc(/C=C2/SC(=O)N(CC(=O)Nc3ccccc3Cl)C2=O)cc(Br)c1OCc1ccccc1F. The third kappa shape index (κ3) is 6.56. The molecule has 1 saturated heterocycles. The standard InChI is InChI=1S/C27H21BrClFN2O5S/c1-2-36-22-12-16(11-18(28)25(22)37-15-17-7-3-5-9-20(17)30)13-23-26(34)32(27(35)38-23)14-24(33)31-21-10-6-4-8-19(21)29/h3-13H,2,14-15H2,1H3,(H,31,33)/b23-13+. The first kappa shape index (κ1) is 27.7. The summed E-state index contributed by atoms with van der Waals surface area (Å²) in [5.74, 6) is -0.781. The molecule has 196 valence electrons. The fourth-order valence-electron chi connectivity index (χ4n) is 3.52. The highest BCUT2D eigenvalue weighted by Crippen LogP contribution is 2.40. The van der Waals surface area contributed by atoms with Crippen molar-refractivity contribution < 1.29 is 28.2 Å². The second kappa shape index (κ2) is 12.5. The van der Waals surface area contributed by atoms with Gasteiger partial charge in [0.25, 0.3) is 11.1 Å². The van der Waals surface area contributed by atoms with E-state index in [0.29, 0.717) is 44.4 Å². The number of benzene rings is 3. The Kier molecular flexibility index (Phi) is 9.09. The summed E-state index contributed by atoms with van der Waals surface area (Å²) < 4.78 is 26.1. The molecule has 1 N–H and O–H groups in total. The monoisotopic (exact) mass is 618 g/mol. The van der Waals surface area contributed by atoms with Crippen LogP contribution in [0.25, 0.3) is 6.08 Å². The van der Waals surface area contributed by atoms with Crippen molar-refractivity contribution in [2.45, 2.75) is 13.5 Å². The van der Waals surface area contributed by atoms with Gasteiger partial charge in [-0.05, 0) is 76.6 Å². The summed E-state index contributed by atoms with van der Waals surface area (Å²) in [7, 11) is 0. The van der Waals surface area contributed by atoms with Crippen LogP contribution in [0.1, 0.15) is 18.1 Å². The summed E-state index contributed by atoms with van der Waals surface area (Å²) in [6, 6.07) is 16.3. The van der Waals surface area contributed by atoms with Crippen LogP contribution in [0.5, 0.6) is 11.5 Å². The summed E-state index contributed by atoms with van der Waals surface area (Å²) in [5.41, 5.74) is 1.33. The number of ether oxygens (including phenoxy) is 2.